The van der Waals surface area contributed by atoms with E-state index < -0.39 is 47.9 Å². The van der Waals surface area contributed by atoms with Crippen molar-refractivity contribution in [3.05, 3.63) is 113 Å². The van der Waals surface area contributed by atoms with Crippen LogP contribution in [0.4, 0.5) is 23.4 Å². The second-order valence-corrected chi connectivity index (χ2v) is 9.23. The van der Waals surface area contributed by atoms with Crippen molar-refractivity contribution in [2.75, 3.05) is 11.4 Å². The first kappa shape index (κ1) is 27.1. The van der Waals surface area contributed by atoms with Crippen LogP contribution in [-0.4, -0.2) is 39.3 Å². The van der Waals surface area contributed by atoms with Crippen molar-refractivity contribution < 1.29 is 32.3 Å². The van der Waals surface area contributed by atoms with Crippen LogP contribution in [0.3, 0.4) is 0 Å². The summed E-state index contributed by atoms with van der Waals surface area (Å²) in [4.78, 5) is 28.7. The molecule has 1 aromatic heterocycles. The van der Waals surface area contributed by atoms with Crippen molar-refractivity contribution in [3.63, 3.8) is 0 Å². The molecule has 3 aromatic carbocycles. The lowest BCUT2D eigenvalue weighted by Crippen LogP contribution is -2.55. The predicted molar refractivity (Wildman–Crippen MR) is 138 cm³/mol. The number of hydrogen-bond donors (Lipinski definition) is 2. The minimum absolute atomic E-state index is 0.168. The lowest BCUT2D eigenvalue weighted by atomic mass is 9.81. The number of aromatic nitrogens is 2. The number of fused-ring (bicyclic) bond motifs is 1. The van der Waals surface area contributed by atoms with Crippen molar-refractivity contribution in [1.29, 1.82) is 0 Å². The van der Waals surface area contributed by atoms with Gasteiger partial charge in [0.05, 0.1) is 23.6 Å². The van der Waals surface area contributed by atoms with Gasteiger partial charge in [-0.2, -0.15) is 18.3 Å². The van der Waals surface area contributed by atoms with E-state index in [-0.39, 0.29) is 17.8 Å². The van der Waals surface area contributed by atoms with Crippen LogP contribution in [0.2, 0.25) is 0 Å². The maximum Gasteiger partial charge on any atom is 0.416 e. The summed E-state index contributed by atoms with van der Waals surface area (Å²) in [6.07, 6.45) is -4.66. The second-order valence-electron chi connectivity index (χ2n) is 9.23. The van der Waals surface area contributed by atoms with Crippen LogP contribution in [-0.2, 0) is 17.6 Å². The third-order valence-corrected chi connectivity index (χ3v) is 6.84. The molecule has 4 aromatic rings. The molecule has 0 saturated carbocycles. The van der Waals surface area contributed by atoms with E-state index in [1.165, 1.54) is 39.9 Å². The van der Waals surface area contributed by atoms with Gasteiger partial charge in [-0.15, -0.1) is 0 Å². The maximum absolute atomic E-state index is 14.0. The predicted octanol–water partition coefficient (Wildman–Crippen LogP) is 4.82. The Labute approximate surface area is 226 Å². The highest BCUT2D eigenvalue weighted by Crippen LogP contribution is 2.43. The molecule has 40 heavy (non-hydrogen) atoms. The monoisotopic (exact) mass is 552 g/mol. The van der Waals surface area contributed by atoms with Crippen LogP contribution in [0.1, 0.15) is 45.6 Å². The lowest BCUT2D eigenvalue weighted by molar-refractivity contribution is -0.137. The number of halogens is 4. The summed E-state index contributed by atoms with van der Waals surface area (Å²) in [5.74, 6) is -2.50. The maximum atomic E-state index is 14.0. The lowest BCUT2D eigenvalue weighted by Gasteiger charge is -2.38. The van der Waals surface area contributed by atoms with Gasteiger partial charge in [0.15, 0.2) is 0 Å². The molecule has 1 aliphatic rings. The van der Waals surface area contributed by atoms with Crippen molar-refractivity contribution in [1.82, 2.24) is 15.1 Å². The van der Waals surface area contributed by atoms with E-state index in [1.54, 1.807) is 31.2 Å². The zero-order valence-corrected chi connectivity index (χ0v) is 21.2. The molecule has 0 bridgehead atoms. The Morgan fingerprint density at radius 1 is 1.02 bits per heavy atom. The molecule has 0 radical (unpaired) electrons. The third kappa shape index (κ3) is 4.84. The Hall–Kier alpha value is -4.51. The van der Waals surface area contributed by atoms with Crippen molar-refractivity contribution in [2.45, 2.75) is 31.7 Å². The fraction of sp³-hybridized carbons (Fsp3) is 0.207. The average molecular weight is 553 g/mol. The van der Waals surface area contributed by atoms with E-state index in [0.717, 1.165) is 12.1 Å². The van der Waals surface area contributed by atoms with Gasteiger partial charge >= 0.3 is 6.18 Å². The summed E-state index contributed by atoms with van der Waals surface area (Å²) in [7, 11) is 0. The average Bonchev–Trinajstić information content (AvgIpc) is 3.33. The molecule has 0 unspecified atom stereocenters. The van der Waals surface area contributed by atoms with Crippen LogP contribution in [0.15, 0.2) is 78.9 Å². The SMILES string of the molecule is CCN1C(=O)[C@@H](NC(=O)c2cccc(C(F)(F)F)c2)[C@@H](c2ccc(F)cc2)c2c(CO)nn(-c3ccccc3)c21. The number of anilines is 1. The van der Waals surface area contributed by atoms with Gasteiger partial charge < -0.3 is 10.4 Å². The molecule has 2 amide bonds. The first-order chi connectivity index (χ1) is 19.1. The van der Waals surface area contributed by atoms with E-state index in [0.29, 0.717) is 28.7 Å². The Kier molecular flexibility index (Phi) is 7.16. The van der Waals surface area contributed by atoms with E-state index in [2.05, 4.69) is 10.4 Å². The number of carbonyl (C=O) groups is 2. The van der Waals surface area contributed by atoms with E-state index in [1.807, 2.05) is 6.07 Å². The number of rotatable bonds is 6. The molecule has 11 heteroatoms. The molecule has 7 nitrogen and oxygen atoms in total. The zero-order valence-electron chi connectivity index (χ0n) is 21.2. The number of aliphatic hydroxyl groups is 1. The zero-order chi connectivity index (χ0) is 28.6. The smallest absolute Gasteiger partial charge is 0.390 e. The first-order valence-corrected chi connectivity index (χ1v) is 12.5. The number of nitrogens with one attached hydrogen (secondary N) is 1. The number of nitrogens with zero attached hydrogens (tertiary/aromatic N) is 3. The first-order valence-electron chi connectivity index (χ1n) is 12.5. The minimum Gasteiger partial charge on any atom is -0.390 e. The van der Waals surface area contributed by atoms with Gasteiger partial charge in [-0.25, -0.2) is 9.07 Å². The van der Waals surface area contributed by atoms with Gasteiger partial charge in [0.1, 0.15) is 17.7 Å². The molecule has 2 atom stereocenters. The molecule has 2 heterocycles. The molecule has 0 aliphatic carbocycles. The highest BCUT2D eigenvalue weighted by Gasteiger charge is 2.46. The normalized spacial score (nSPS) is 17.1. The Balaban J connectivity index is 1.67. The number of hydrogen-bond acceptors (Lipinski definition) is 4. The number of para-hydroxylation sites is 1. The summed E-state index contributed by atoms with van der Waals surface area (Å²) >= 11 is 0. The van der Waals surface area contributed by atoms with E-state index in [9.17, 15) is 32.3 Å². The van der Waals surface area contributed by atoms with Gasteiger partial charge in [-0.3, -0.25) is 14.5 Å². The summed E-state index contributed by atoms with van der Waals surface area (Å²) in [5, 5.41) is 17.5. The van der Waals surface area contributed by atoms with Crippen LogP contribution in [0.5, 0.6) is 0 Å². The number of carbonyl (C=O) groups excluding carboxylic acids is 2. The number of aliphatic hydroxyl groups excluding tert-OH is 1. The summed E-state index contributed by atoms with van der Waals surface area (Å²) in [6, 6.07) is 16.9. The van der Waals surface area contributed by atoms with Crippen LogP contribution >= 0.6 is 0 Å². The van der Waals surface area contributed by atoms with Gasteiger partial charge in [0.25, 0.3) is 11.8 Å². The molecule has 0 fully saturated rings. The molecule has 2 N–H and O–H groups in total. The Morgan fingerprint density at radius 3 is 2.35 bits per heavy atom. The Morgan fingerprint density at radius 2 is 1.73 bits per heavy atom. The molecular formula is C29H24F4N4O3. The van der Waals surface area contributed by atoms with Crippen LogP contribution in [0.25, 0.3) is 5.69 Å². The largest absolute Gasteiger partial charge is 0.416 e. The van der Waals surface area contributed by atoms with Crippen LogP contribution < -0.4 is 10.2 Å². The standard InChI is InChI=1S/C29H24F4N4O3/c1-2-36-27-24(22(16-38)35-37(27)21-9-4-3-5-10-21)23(17-11-13-20(30)14-12-17)25(28(36)40)34-26(39)18-7-6-8-19(15-18)29(31,32)33/h3-15,23,25,38H,2,16H2,1H3,(H,34,39)/t23-,25-/m0/s1. The molecule has 206 valence electrons. The minimum atomic E-state index is -4.66. The van der Waals surface area contributed by atoms with Crippen LogP contribution in [0, 0.1) is 5.82 Å². The van der Waals surface area contributed by atoms with E-state index in [4.69, 9.17) is 0 Å². The van der Waals surface area contributed by atoms with Crippen molar-refractivity contribution >= 4 is 17.6 Å². The fourth-order valence-corrected chi connectivity index (χ4v) is 5.03. The number of likely N-dealkylation sites (N-methyl/N-ethyl adjacent to an activating group) is 1. The summed E-state index contributed by atoms with van der Waals surface area (Å²) in [6.45, 7) is 1.40. The number of alkyl halides is 3. The fourth-order valence-electron chi connectivity index (χ4n) is 5.03. The second kappa shape index (κ2) is 10.6. The quantitative estimate of drug-likeness (QED) is 0.336. The number of benzene rings is 3. The van der Waals surface area contributed by atoms with Gasteiger partial charge in [0, 0.05) is 23.6 Å². The van der Waals surface area contributed by atoms with Gasteiger partial charge in [0.2, 0.25) is 0 Å². The molecule has 0 spiro atoms. The summed E-state index contributed by atoms with van der Waals surface area (Å²) in [5.41, 5.74) is 0.453. The van der Waals surface area contributed by atoms with Gasteiger partial charge in [-0.05, 0) is 55.0 Å². The molecular weight excluding hydrogens is 528 g/mol. The molecule has 1 aliphatic heterocycles. The molecule has 5 rings (SSSR count). The van der Waals surface area contributed by atoms with Gasteiger partial charge in [-0.1, -0.05) is 36.4 Å². The van der Waals surface area contributed by atoms with Crippen molar-refractivity contribution in [2.24, 2.45) is 0 Å². The third-order valence-electron chi connectivity index (χ3n) is 6.84. The number of amides is 2. The Bertz CT molecular complexity index is 1550. The van der Waals surface area contributed by atoms with E-state index >= 15 is 0 Å². The highest BCUT2D eigenvalue weighted by molar-refractivity contribution is 6.05. The van der Waals surface area contributed by atoms with Crippen molar-refractivity contribution in [3.8, 4) is 5.69 Å². The topological polar surface area (TPSA) is 87.5 Å². The highest BCUT2D eigenvalue weighted by atomic mass is 19.4. The molecule has 0 saturated heterocycles. The summed E-state index contributed by atoms with van der Waals surface area (Å²) < 4.78 is 55.3.